The molecule has 0 saturated heterocycles. The van der Waals surface area contributed by atoms with Crippen molar-refractivity contribution >= 4 is 17.7 Å². The zero-order valence-electron chi connectivity index (χ0n) is 11.2. The number of aromatic nitrogens is 2. The molecular formula is C11H15F3N6O. The van der Waals surface area contributed by atoms with Gasteiger partial charge in [0.2, 0.25) is 11.9 Å². The summed E-state index contributed by atoms with van der Waals surface area (Å²) in [6.07, 6.45) is -2.76. The second-order valence-corrected chi connectivity index (χ2v) is 4.77. The van der Waals surface area contributed by atoms with E-state index in [1.807, 2.05) is 5.43 Å². The number of hydrazine groups is 1. The van der Waals surface area contributed by atoms with Crippen LogP contribution < -0.4 is 21.5 Å². The Morgan fingerprint density at radius 2 is 2.14 bits per heavy atom. The zero-order valence-corrected chi connectivity index (χ0v) is 11.2. The highest BCUT2D eigenvalue weighted by atomic mass is 19.4. The van der Waals surface area contributed by atoms with E-state index in [1.54, 1.807) is 0 Å². The molecule has 0 spiro atoms. The van der Waals surface area contributed by atoms with E-state index >= 15 is 0 Å². The van der Waals surface area contributed by atoms with E-state index in [9.17, 15) is 18.0 Å². The van der Waals surface area contributed by atoms with Crippen LogP contribution in [0.1, 0.15) is 18.5 Å². The van der Waals surface area contributed by atoms with Gasteiger partial charge in [-0.2, -0.15) is 18.2 Å². The highest BCUT2D eigenvalue weighted by molar-refractivity contribution is 5.81. The second-order valence-electron chi connectivity index (χ2n) is 4.77. The molecule has 0 unspecified atom stereocenters. The van der Waals surface area contributed by atoms with Crippen LogP contribution in [0.4, 0.5) is 24.9 Å². The predicted octanol–water partition coefficient (Wildman–Crippen LogP) is 0.496. The molecule has 1 aromatic rings. The van der Waals surface area contributed by atoms with Gasteiger partial charge in [-0.1, -0.05) is 0 Å². The minimum absolute atomic E-state index is 0.0452. The van der Waals surface area contributed by atoms with Gasteiger partial charge in [0.15, 0.2) is 5.69 Å². The fourth-order valence-corrected chi connectivity index (χ4v) is 1.64. The molecule has 0 bridgehead atoms. The highest BCUT2D eigenvalue weighted by Crippen LogP contribution is 2.30. The number of nitrogen functional groups attached to an aromatic ring is 1. The highest BCUT2D eigenvalue weighted by Gasteiger charge is 2.34. The summed E-state index contributed by atoms with van der Waals surface area (Å²) in [6, 6.07) is 0.953. The van der Waals surface area contributed by atoms with Gasteiger partial charge in [-0.3, -0.25) is 10.2 Å². The molecule has 1 aromatic heterocycles. The minimum atomic E-state index is -4.62. The van der Waals surface area contributed by atoms with E-state index in [0.29, 0.717) is 0 Å². The van der Waals surface area contributed by atoms with E-state index < -0.39 is 11.9 Å². The van der Waals surface area contributed by atoms with E-state index in [4.69, 9.17) is 5.84 Å². The van der Waals surface area contributed by atoms with Crippen LogP contribution in [0.2, 0.25) is 0 Å². The zero-order chi connectivity index (χ0) is 15.6. The molecule has 0 atom stereocenters. The maximum Gasteiger partial charge on any atom is 0.433 e. The number of likely N-dealkylation sites (N-methyl/N-ethyl adjacent to an activating group) is 1. The van der Waals surface area contributed by atoms with Crippen LogP contribution in [0.3, 0.4) is 0 Å². The lowest BCUT2D eigenvalue weighted by molar-refractivity contribution is -0.141. The van der Waals surface area contributed by atoms with E-state index in [1.165, 1.54) is 11.9 Å². The standard InChI is InChI=1S/C11H15F3N6O/c1-20(5-9(21)16-6-2-3-6)8-4-7(11(12,13)14)17-10(18-8)19-15/h4,6H,2-3,5,15H2,1H3,(H,16,21)(H,17,18,19). The Balaban J connectivity index is 2.14. The van der Waals surface area contributed by atoms with Crippen LogP contribution in [-0.2, 0) is 11.0 Å². The number of halogens is 3. The quantitative estimate of drug-likeness (QED) is 0.541. The molecule has 0 radical (unpaired) electrons. The Morgan fingerprint density at radius 3 is 2.67 bits per heavy atom. The molecule has 1 aliphatic carbocycles. The van der Waals surface area contributed by atoms with E-state index in [2.05, 4.69) is 15.3 Å². The number of hydrogen-bond donors (Lipinski definition) is 3. The lowest BCUT2D eigenvalue weighted by atomic mass is 10.3. The minimum Gasteiger partial charge on any atom is -0.352 e. The van der Waals surface area contributed by atoms with Gasteiger partial charge in [0, 0.05) is 19.2 Å². The summed E-state index contributed by atoms with van der Waals surface area (Å²) >= 11 is 0. The van der Waals surface area contributed by atoms with Crippen molar-refractivity contribution in [2.45, 2.75) is 25.1 Å². The molecule has 4 N–H and O–H groups in total. The summed E-state index contributed by atoms with van der Waals surface area (Å²) in [6.45, 7) is -0.102. The first kappa shape index (κ1) is 15.3. The number of amides is 1. The molecule has 1 fully saturated rings. The summed E-state index contributed by atoms with van der Waals surface area (Å²) in [4.78, 5) is 20.0. The van der Waals surface area contributed by atoms with Gasteiger partial charge in [-0.05, 0) is 12.8 Å². The molecule has 21 heavy (non-hydrogen) atoms. The molecule has 116 valence electrons. The van der Waals surface area contributed by atoms with Crippen LogP contribution >= 0.6 is 0 Å². The third-order valence-electron chi connectivity index (χ3n) is 2.85. The first-order valence-corrected chi connectivity index (χ1v) is 6.23. The van der Waals surface area contributed by atoms with Crippen LogP contribution in [-0.4, -0.2) is 35.5 Å². The molecule has 0 aromatic carbocycles. The first-order chi connectivity index (χ1) is 9.79. The second kappa shape index (κ2) is 5.72. The summed E-state index contributed by atoms with van der Waals surface area (Å²) < 4.78 is 38.2. The molecule has 7 nitrogen and oxygen atoms in total. The number of nitrogens with one attached hydrogen (secondary N) is 2. The van der Waals surface area contributed by atoms with Gasteiger partial charge < -0.3 is 10.2 Å². The van der Waals surface area contributed by atoms with Gasteiger partial charge >= 0.3 is 6.18 Å². The van der Waals surface area contributed by atoms with E-state index in [0.717, 1.165) is 18.9 Å². The van der Waals surface area contributed by atoms with Crippen LogP contribution in [0.5, 0.6) is 0 Å². The van der Waals surface area contributed by atoms with E-state index in [-0.39, 0.29) is 30.3 Å². The summed E-state index contributed by atoms with van der Waals surface area (Å²) in [5.74, 6) is 4.39. The Kier molecular flexibility index (Phi) is 4.16. The van der Waals surface area contributed by atoms with Gasteiger partial charge in [0.1, 0.15) is 5.82 Å². The molecule has 1 aliphatic rings. The van der Waals surface area contributed by atoms with Crippen molar-refractivity contribution in [1.82, 2.24) is 15.3 Å². The van der Waals surface area contributed by atoms with Crippen molar-refractivity contribution in [1.29, 1.82) is 0 Å². The van der Waals surface area contributed by atoms with Gasteiger partial charge in [-0.25, -0.2) is 10.8 Å². The molecule has 2 rings (SSSR count). The Labute approximate surface area is 118 Å². The first-order valence-electron chi connectivity index (χ1n) is 6.23. The number of hydrogen-bond acceptors (Lipinski definition) is 6. The molecule has 1 heterocycles. The fraction of sp³-hybridized carbons (Fsp3) is 0.545. The monoisotopic (exact) mass is 304 g/mol. The van der Waals surface area contributed by atoms with Crippen molar-refractivity contribution in [3.63, 3.8) is 0 Å². The van der Waals surface area contributed by atoms with Crippen LogP contribution in [0.25, 0.3) is 0 Å². The Hall–Kier alpha value is -2.10. The molecule has 1 saturated carbocycles. The van der Waals surface area contributed by atoms with Gasteiger partial charge in [0.25, 0.3) is 0 Å². The largest absolute Gasteiger partial charge is 0.433 e. The molecule has 1 amide bonds. The summed E-state index contributed by atoms with van der Waals surface area (Å²) in [5, 5.41) is 2.74. The van der Waals surface area contributed by atoms with Gasteiger partial charge in [-0.15, -0.1) is 0 Å². The van der Waals surface area contributed by atoms with Crippen LogP contribution in [0.15, 0.2) is 6.07 Å². The maximum absolute atomic E-state index is 12.7. The van der Waals surface area contributed by atoms with Crippen molar-refractivity contribution in [3.05, 3.63) is 11.8 Å². The van der Waals surface area contributed by atoms with Crippen molar-refractivity contribution in [2.75, 3.05) is 23.9 Å². The molecule has 10 heteroatoms. The van der Waals surface area contributed by atoms with Crippen LogP contribution in [0, 0.1) is 0 Å². The predicted molar refractivity (Wildman–Crippen MR) is 69.3 cm³/mol. The smallest absolute Gasteiger partial charge is 0.352 e. The third-order valence-corrected chi connectivity index (χ3v) is 2.85. The number of carbonyl (C=O) groups excluding carboxylic acids is 1. The molecular weight excluding hydrogens is 289 g/mol. The van der Waals surface area contributed by atoms with Gasteiger partial charge in [0.05, 0.1) is 6.54 Å². The number of anilines is 2. The maximum atomic E-state index is 12.7. The van der Waals surface area contributed by atoms with Crippen molar-refractivity contribution in [3.8, 4) is 0 Å². The number of nitrogens with zero attached hydrogens (tertiary/aromatic N) is 3. The lowest BCUT2D eigenvalue weighted by Crippen LogP contribution is -2.36. The number of rotatable bonds is 5. The number of carbonyl (C=O) groups is 1. The fourth-order valence-electron chi connectivity index (χ4n) is 1.64. The summed E-state index contributed by atoms with van der Waals surface area (Å²) in [5.41, 5.74) is 0.851. The topological polar surface area (TPSA) is 96.2 Å². The Morgan fingerprint density at radius 1 is 1.48 bits per heavy atom. The summed E-state index contributed by atoms with van der Waals surface area (Å²) in [7, 11) is 1.47. The van der Waals surface area contributed by atoms with Crippen molar-refractivity contribution in [2.24, 2.45) is 5.84 Å². The average Bonchev–Trinajstić information content (AvgIpc) is 3.20. The average molecular weight is 304 g/mol. The number of alkyl halides is 3. The lowest BCUT2D eigenvalue weighted by Gasteiger charge is -2.19. The normalized spacial score (nSPS) is 14.7. The molecule has 0 aliphatic heterocycles. The SMILES string of the molecule is CN(CC(=O)NC1CC1)c1cc(C(F)(F)F)nc(NN)n1. The van der Waals surface area contributed by atoms with Crippen molar-refractivity contribution < 1.29 is 18.0 Å². The number of nitrogens with two attached hydrogens (primary N) is 1. The Bertz CT molecular complexity index is 531. The third kappa shape index (κ3) is 4.18.